The zero-order valence-electron chi connectivity index (χ0n) is 13.5. The molecular weight excluding hydrogens is 345 g/mol. The molecule has 3 aromatic rings. The predicted molar refractivity (Wildman–Crippen MR) is 97.7 cm³/mol. The van der Waals surface area contributed by atoms with Crippen LogP contribution in [-0.4, -0.2) is 0 Å². The fraction of sp³-hybridized carbons (Fsp3) is 0.211. The first kappa shape index (κ1) is 17.0. The molecule has 1 aromatic heterocycles. The summed E-state index contributed by atoms with van der Waals surface area (Å²) in [6, 6.07) is 13.3. The number of hydrogen-bond donors (Lipinski definition) is 1. The second-order valence-electron chi connectivity index (χ2n) is 5.97. The van der Waals surface area contributed by atoms with Crippen molar-refractivity contribution in [2.75, 3.05) is 0 Å². The molecule has 0 fully saturated rings. The van der Waals surface area contributed by atoms with Crippen molar-refractivity contribution in [3.8, 4) is 0 Å². The van der Waals surface area contributed by atoms with Gasteiger partial charge < -0.3 is 9.73 Å². The Balaban J connectivity index is 1.88. The molecular formula is C19H18Cl2NO2+. The third-order valence-corrected chi connectivity index (χ3v) is 4.86. The Labute approximate surface area is 150 Å². The molecule has 24 heavy (non-hydrogen) atoms. The molecule has 2 N–H and O–H groups in total. The summed E-state index contributed by atoms with van der Waals surface area (Å²) >= 11 is 12.2. The Kier molecular flexibility index (Phi) is 4.95. The summed E-state index contributed by atoms with van der Waals surface area (Å²) < 4.78 is 5.30. The van der Waals surface area contributed by atoms with Gasteiger partial charge in [-0.2, -0.15) is 0 Å². The maximum absolute atomic E-state index is 11.8. The summed E-state index contributed by atoms with van der Waals surface area (Å²) in [5.74, 6) is 0. The van der Waals surface area contributed by atoms with Gasteiger partial charge in [0.15, 0.2) is 0 Å². The first-order chi connectivity index (χ1) is 11.4. The van der Waals surface area contributed by atoms with Crippen LogP contribution in [0.25, 0.3) is 11.0 Å². The Morgan fingerprint density at radius 1 is 1.12 bits per heavy atom. The van der Waals surface area contributed by atoms with Gasteiger partial charge in [0.25, 0.3) is 0 Å². The van der Waals surface area contributed by atoms with E-state index in [1.54, 1.807) is 6.07 Å². The van der Waals surface area contributed by atoms with Gasteiger partial charge in [0.1, 0.15) is 18.2 Å². The molecule has 1 heterocycles. The summed E-state index contributed by atoms with van der Waals surface area (Å²) in [6.45, 7) is 4.67. The van der Waals surface area contributed by atoms with Gasteiger partial charge in [-0.05, 0) is 43.7 Å². The minimum Gasteiger partial charge on any atom is -0.423 e. The molecule has 1 atom stereocenters. The second-order valence-corrected chi connectivity index (χ2v) is 6.81. The van der Waals surface area contributed by atoms with Crippen LogP contribution in [0.1, 0.15) is 29.7 Å². The van der Waals surface area contributed by atoms with Crippen molar-refractivity contribution in [2.24, 2.45) is 0 Å². The maximum atomic E-state index is 11.8. The van der Waals surface area contributed by atoms with Crippen LogP contribution >= 0.6 is 23.2 Å². The van der Waals surface area contributed by atoms with Crippen LogP contribution < -0.4 is 10.9 Å². The van der Waals surface area contributed by atoms with E-state index in [2.05, 4.69) is 12.2 Å². The summed E-state index contributed by atoms with van der Waals surface area (Å²) in [4.78, 5) is 11.8. The fourth-order valence-corrected chi connectivity index (χ4v) is 3.01. The predicted octanol–water partition coefficient (Wildman–Crippen LogP) is 4.23. The van der Waals surface area contributed by atoms with Crippen LogP contribution in [-0.2, 0) is 6.54 Å². The van der Waals surface area contributed by atoms with Crippen molar-refractivity contribution >= 4 is 34.2 Å². The molecule has 0 aliphatic heterocycles. The Morgan fingerprint density at radius 3 is 2.54 bits per heavy atom. The zero-order chi connectivity index (χ0) is 17.3. The van der Waals surface area contributed by atoms with E-state index in [1.165, 1.54) is 5.56 Å². The molecule has 124 valence electrons. The molecule has 0 saturated carbocycles. The molecule has 0 spiro atoms. The second kappa shape index (κ2) is 6.98. The van der Waals surface area contributed by atoms with Crippen LogP contribution in [0.4, 0.5) is 0 Å². The third-order valence-electron chi connectivity index (χ3n) is 4.20. The fourth-order valence-electron chi connectivity index (χ4n) is 2.72. The molecule has 2 aromatic carbocycles. The normalized spacial score (nSPS) is 12.5. The SMILES string of the molecule is Cc1cc2oc(=O)cc(C[NH2+][C@@H](C)c3ccc(Cl)cc3)c2cc1Cl. The van der Waals surface area contributed by atoms with Crippen molar-refractivity contribution in [1.29, 1.82) is 0 Å². The van der Waals surface area contributed by atoms with Gasteiger partial charge in [-0.15, -0.1) is 0 Å². The average Bonchev–Trinajstić information content (AvgIpc) is 2.54. The molecule has 0 radical (unpaired) electrons. The minimum atomic E-state index is -0.341. The Hall–Kier alpha value is -1.81. The Morgan fingerprint density at radius 2 is 1.83 bits per heavy atom. The van der Waals surface area contributed by atoms with E-state index in [-0.39, 0.29) is 11.7 Å². The van der Waals surface area contributed by atoms with Crippen LogP contribution in [0.3, 0.4) is 0 Å². The lowest BCUT2D eigenvalue weighted by Gasteiger charge is -2.12. The summed E-state index contributed by atoms with van der Waals surface area (Å²) in [5, 5.41) is 4.45. The van der Waals surface area contributed by atoms with Crippen LogP contribution in [0.5, 0.6) is 0 Å². The number of rotatable bonds is 4. The summed E-state index contributed by atoms with van der Waals surface area (Å²) in [6.07, 6.45) is 0. The number of benzene rings is 2. The number of halogens is 2. The molecule has 0 unspecified atom stereocenters. The molecule has 0 aliphatic rings. The van der Waals surface area contributed by atoms with Crippen LogP contribution in [0.2, 0.25) is 10.0 Å². The molecule has 3 nitrogen and oxygen atoms in total. The largest absolute Gasteiger partial charge is 0.423 e. The van der Waals surface area contributed by atoms with Gasteiger partial charge in [-0.3, -0.25) is 0 Å². The highest BCUT2D eigenvalue weighted by atomic mass is 35.5. The van der Waals surface area contributed by atoms with E-state index >= 15 is 0 Å². The van der Waals surface area contributed by atoms with E-state index in [1.807, 2.05) is 43.3 Å². The highest BCUT2D eigenvalue weighted by molar-refractivity contribution is 6.32. The van der Waals surface area contributed by atoms with Crippen molar-refractivity contribution in [2.45, 2.75) is 26.4 Å². The third kappa shape index (κ3) is 3.64. The first-order valence-electron chi connectivity index (χ1n) is 7.75. The summed E-state index contributed by atoms with van der Waals surface area (Å²) in [7, 11) is 0. The van der Waals surface area contributed by atoms with E-state index < -0.39 is 0 Å². The van der Waals surface area contributed by atoms with Gasteiger partial charge in [-0.1, -0.05) is 35.3 Å². The highest BCUT2D eigenvalue weighted by Crippen LogP contribution is 2.25. The van der Waals surface area contributed by atoms with Crippen molar-refractivity contribution in [3.63, 3.8) is 0 Å². The molecule has 0 amide bonds. The van der Waals surface area contributed by atoms with Crippen molar-refractivity contribution < 1.29 is 9.73 Å². The number of fused-ring (bicyclic) bond motifs is 1. The molecule has 3 rings (SSSR count). The van der Waals surface area contributed by atoms with E-state index in [0.717, 1.165) is 21.5 Å². The van der Waals surface area contributed by atoms with Gasteiger partial charge >= 0.3 is 5.63 Å². The number of aryl methyl sites for hydroxylation is 1. The average molecular weight is 363 g/mol. The molecule has 0 bridgehead atoms. The highest BCUT2D eigenvalue weighted by Gasteiger charge is 2.13. The molecule has 5 heteroatoms. The number of quaternary nitrogens is 1. The van der Waals surface area contributed by atoms with Gasteiger partial charge in [0.2, 0.25) is 0 Å². The standard InChI is InChI=1S/C19H17Cl2NO2/c1-11-7-18-16(9-17(11)21)14(8-19(23)24-18)10-22-12(2)13-3-5-15(20)6-4-13/h3-9,12,22H,10H2,1-2H3/p+1/t12-/m0/s1. The van der Waals surface area contributed by atoms with Crippen LogP contribution in [0, 0.1) is 6.92 Å². The monoisotopic (exact) mass is 362 g/mol. The topological polar surface area (TPSA) is 46.8 Å². The maximum Gasteiger partial charge on any atom is 0.336 e. The van der Waals surface area contributed by atoms with E-state index in [4.69, 9.17) is 27.6 Å². The lowest BCUT2D eigenvalue weighted by Crippen LogP contribution is -2.83. The lowest BCUT2D eigenvalue weighted by molar-refractivity contribution is -0.707. The van der Waals surface area contributed by atoms with Crippen LogP contribution in [0.15, 0.2) is 51.7 Å². The Bertz CT molecular complexity index is 932. The van der Waals surface area contributed by atoms with Gasteiger partial charge in [0, 0.05) is 32.6 Å². The van der Waals surface area contributed by atoms with Gasteiger partial charge in [-0.25, -0.2) is 4.79 Å². The lowest BCUT2D eigenvalue weighted by atomic mass is 10.1. The van der Waals surface area contributed by atoms with E-state index in [9.17, 15) is 4.79 Å². The van der Waals surface area contributed by atoms with Crippen molar-refractivity contribution in [3.05, 3.63) is 79.6 Å². The summed E-state index contributed by atoms with van der Waals surface area (Å²) in [5.41, 5.74) is 3.23. The van der Waals surface area contributed by atoms with Gasteiger partial charge in [0.05, 0.1) is 0 Å². The quantitative estimate of drug-likeness (QED) is 0.705. The van der Waals surface area contributed by atoms with Crippen molar-refractivity contribution in [1.82, 2.24) is 0 Å². The zero-order valence-corrected chi connectivity index (χ0v) is 15.0. The smallest absolute Gasteiger partial charge is 0.336 e. The van der Waals surface area contributed by atoms with E-state index in [0.29, 0.717) is 17.2 Å². The minimum absolute atomic E-state index is 0.241. The first-order valence-corrected chi connectivity index (χ1v) is 8.51. The number of nitrogens with two attached hydrogens (primary N) is 1. The molecule has 0 saturated heterocycles. The number of hydrogen-bond acceptors (Lipinski definition) is 2. The molecule has 0 aliphatic carbocycles.